The number of diazo groups is 1. The summed E-state index contributed by atoms with van der Waals surface area (Å²) in [5, 5.41) is 12.0. The van der Waals surface area contributed by atoms with Gasteiger partial charge in [0.1, 0.15) is 11.5 Å². The third-order valence-corrected chi connectivity index (χ3v) is 5.27. The lowest BCUT2D eigenvalue weighted by Gasteiger charge is -2.06. The monoisotopic (exact) mass is 466 g/mol. The first-order valence-electron chi connectivity index (χ1n) is 12.2. The van der Waals surface area contributed by atoms with Crippen LogP contribution in [0.15, 0.2) is 97.1 Å². The van der Waals surface area contributed by atoms with Gasteiger partial charge in [-0.25, -0.2) is 0 Å². The molecule has 4 rings (SSSR count). The molecule has 0 spiro atoms. The van der Waals surface area contributed by atoms with E-state index in [0.29, 0.717) is 5.69 Å². The van der Waals surface area contributed by atoms with Crippen LogP contribution in [0.5, 0.6) is 11.5 Å². The Morgan fingerprint density at radius 3 is 1.63 bits per heavy atom. The average molecular weight is 467 g/mol. The van der Waals surface area contributed by atoms with Crippen LogP contribution in [-0.2, 0) is 12.8 Å². The zero-order valence-corrected chi connectivity index (χ0v) is 21.5. The number of para-hydroxylation sites is 1. The summed E-state index contributed by atoms with van der Waals surface area (Å²) < 4.78 is 5.78. The molecule has 0 aliphatic carbocycles. The molecule has 0 aliphatic heterocycles. The summed E-state index contributed by atoms with van der Waals surface area (Å²) in [6.45, 7) is 10.2. The van der Waals surface area contributed by atoms with E-state index in [2.05, 4.69) is 48.4 Å². The molecule has 4 aromatic carbocycles. The van der Waals surface area contributed by atoms with E-state index in [1.54, 1.807) is 6.07 Å². The van der Waals surface area contributed by atoms with Crippen molar-refractivity contribution >= 4 is 17.1 Å². The van der Waals surface area contributed by atoms with Crippen molar-refractivity contribution in [3.05, 3.63) is 119 Å². The zero-order chi connectivity index (χ0) is 25.5. The first-order chi connectivity index (χ1) is 17.1. The maximum absolute atomic E-state index is 8.70. The second-order valence-corrected chi connectivity index (χ2v) is 7.69. The summed E-state index contributed by atoms with van der Waals surface area (Å²) in [4.78, 5) is 3.19. The molecule has 0 atom stereocenters. The van der Waals surface area contributed by atoms with E-state index in [9.17, 15) is 0 Å². The first-order valence-corrected chi connectivity index (χ1v) is 12.2. The number of benzene rings is 4. The lowest BCUT2D eigenvalue weighted by Crippen LogP contribution is -1.89. The minimum atomic E-state index is 0.596. The number of ether oxygens (including phenoxy) is 1. The lowest BCUT2D eigenvalue weighted by atomic mass is 10.1. The van der Waals surface area contributed by atoms with Crippen molar-refractivity contribution in [2.24, 2.45) is 0 Å². The van der Waals surface area contributed by atoms with E-state index in [1.165, 1.54) is 11.1 Å². The average Bonchev–Trinajstić information content (AvgIpc) is 2.92. The number of hydrogen-bond acceptors (Lipinski definition) is 3. The number of aryl methyl sites for hydroxylation is 3. The van der Waals surface area contributed by atoms with Gasteiger partial charge < -0.3 is 10.1 Å². The zero-order valence-electron chi connectivity index (χ0n) is 21.5. The molecule has 0 aliphatic rings. The van der Waals surface area contributed by atoms with E-state index >= 15 is 0 Å². The second-order valence-electron chi connectivity index (χ2n) is 7.69. The predicted octanol–water partition coefficient (Wildman–Crippen LogP) is 9.85. The molecule has 4 heteroatoms. The molecule has 35 heavy (non-hydrogen) atoms. The molecule has 4 aromatic rings. The van der Waals surface area contributed by atoms with Crippen molar-refractivity contribution in [3.63, 3.8) is 0 Å². The third kappa shape index (κ3) is 8.98. The fourth-order valence-corrected chi connectivity index (χ4v) is 3.26. The Balaban J connectivity index is 0.000000231. The highest BCUT2D eigenvalue weighted by atomic mass is 16.5. The highest BCUT2D eigenvalue weighted by Gasteiger charge is 2.09. The summed E-state index contributed by atoms with van der Waals surface area (Å²) in [5.74, 6) is 1.79. The molecule has 1 N–H and O–H groups in total. The van der Waals surface area contributed by atoms with Gasteiger partial charge in [-0.2, -0.15) is 0 Å². The van der Waals surface area contributed by atoms with Gasteiger partial charge in [0, 0.05) is 23.0 Å². The Morgan fingerprint density at radius 2 is 1.20 bits per heavy atom. The van der Waals surface area contributed by atoms with Crippen molar-refractivity contribution in [3.8, 4) is 11.5 Å². The molecule has 0 saturated heterocycles. The molecule has 0 bridgehead atoms. The molecule has 0 unspecified atom stereocenters. The van der Waals surface area contributed by atoms with E-state index in [1.807, 2.05) is 87.5 Å². The Kier molecular flexibility index (Phi) is 11.6. The summed E-state index contributed by atoms with van der Waals surface area (Å²) in [7, 11) is 0. The quantitative estimate of drug-likeness (QED) is 0.288. The minimum absolute atomic E-state index is 0.596. The lowest BCUT2D eigenvalue weighted by molar-refractivity contribution is 0.482. The van der Waals surface area contributed by atoms with E-state index in [4.69, 9.17) is 10.1 Å². The molecule has 0 heterocycles. The Hall–Kier alpha value is -4.10. The normalized spacial score (nSPS) is 9.49. The molecule has 180 valence electrons. The summed E-state index contributed by atoms with van der Waals surface area (Å²) >= 11 is 0. The summed E-state index contributed by atoms with van der Waals surface area (Å²) in [5.41, 5.74) is 6.21. The van der Waals surface area contributed by atoms with Crippen LogP contribution >= 0.6 is 0 Å². The molecule has 4 nitrogen and oxygen atoms in total. The van der Waals surface area contributed by atoms with Crippen LogP contribution in [-0.4, -0.2) is 0 Å². The number of anilines is 2. The van der Waals surface area contributed by atoms with Crippen LogP contribution in [0, 0.1) is 12.3 Å². The Morgan fingerprint density at radius 1 is 0.686 bits per heavy atom. The first kappa shape index (κ1) is 27.1. The van der Waals surface area contributed by atoms with Gasteiger partial charge in [-0.05, 0) is 79.4 Å². The minimum Gasteiger partial charge on any atom is -0.457 e. The van der Waals surface area contributed by atoms with Crippen molar-refractivity contribution in [2.45, 2.75) is 47.5 Å². The number of rotatable bonds is 6. The Bertz CT molecular complexity index is 1130. The highest BCUT2D eigenvalue weighted by molar-refractivity contribution is 5.65. The fourth-order valence-electron chi connectivity index (χ4n) is 3.26. The standard InChI is InChI=1S/C16H18O.C13H12N3.C2H6/c1-3-13-5-9-15(10-6-13)17-16-11-7-14(4-2)8-12-16;1-10-9-12(7-8-13(10)16-14)15-11-5-3-2-4-6-11;1-2/h5-12H,3-4H2,1-2H3;2-9,15H,1H3;1-2H3/q;+1;. The molecule has 0 aromatic heterocycles. The van der Waals surface area contributed by atoms with Gasteiger partial charge in [-0.3, -0.25) is 0 Å². The van der Waals surface area contributed by atoms with Gasteiger partial charge in [0.05, 0.1) is 0 Å². The summed E-state index contributed by atoms with van der Waals surface area (Å²) in [6.07, 6.45) is 2.12. The van der Waals surface area contributed by atoms with Crippen LogP contribution in [0.2, 0.25) is 0 Å². The highest BCUT2D eigenvalue weighted by Crippen LogP contribution is 2.24. The smallest absolute Gasteiger partial charge is 0.388 e. The topological polar surface area (TPSA) is 49.4 Å². The predicted molar refractivity (Wildman–Crippen MR) is 149 cm³/mol. The molecular formula is C31H36N3O+. The third-order valence-electron chi connectivity index (χ3n) is 5.27. The van der Waals surface area contributed by atoms with Gasteiger partial charge in [-0.15, -0.1) is 0 Å². The number of nitrogens with one attached hydrogen (secondary N) is 1. The maximum atomic E-state index is 8.70. The van der Waals surface area contributed by atoms with E-state index < -0.39 is 0 Å². The second kappa shape index (κ2) is 14.9. The van der Waals surface area contributed by atoms with Gasteiger partial charge in [-0.1, -0.05) is 70.2 Å². The van der Waals surface area contributed by atoms with Crippen molar-refractivity contribution < 1.29 is 4.74 Å². The van der Waals surface area contributed by atoms with Crippen LogP contribution in [0.3, 0.4) is 0 Å². The van der Waals surface area contributed by atoms with Gasteiger partial charge in [0.2, 0.25) is 5.39 Å². The van der Waals surface area contributed by atoms with Gasteiger partial charge in [0.15, 0.2) is 4.98 Å². The van der Waals surface area contributed by atoms with Crippen LogP contribution in [0.4, 0.5) is 17.1 Å². The Labute approximate surface area is 210 Å². The molecule has 0 saturated carbocycles. The SMILES string of the molecule is CC.CCc1ccc(Oc2ccc(CC)cc2)cc1.Cc1cc(Nc2ccccc2)ccc1[N+]#N. The summed E-state index contributed by atoms with van der Waals surface area (Å²) in [6, 6.07) is 32.1. The van der Waals surface area contributed by atoms with Crippen LogP contribution < -0.4 is 10.1 Å². The van der Waals surface area contributed by atoms with Crippen LogP contribution in [0.25, 0.3) is 4.98 Å². The molecule has 0 amide bonds. The molecule has 0 fully saturated rings. The van der Waals surface area contributed by atoms with Crippen molar-refractivity contribution in [1.82, 2.24) is 0 Å². The van der Waals surface area contributed by atoms with Gasteiger partial charge in [0.25, 0.3) is 0 Å². The van der Waals surface area contributed by atoms with Gasteiger partial charge >= 0.3 is 5.69 Å². The van der Waals surface area contributed by atoms with Crippen molar-refractivity contribution in [2.75, 3.05) is 5.32 Å². The molecular weight excluding hydrogens is 430 g/mol. The maximum Gasteiger partial charge on any atom is 0.388 e. The molecule has 0 radical (unpaired) electrons. The largest absolute Gasteiger partial charge is 0.457 e. The van der Waals surface area contributed by atoms with E-state index in [0.717, 1.165) is 41.3 Å². The number of nitrogens with zero attached hydrogens (tertiary/aromatic N) is 2. The van der Waals surface area contributed by atoms with Crippen LogP contribution in [0.1, 0.15) is 44.4 Å². The van der Waals surface area contributed by atoms with E-state index in [-0.39, 0.29) is 0 Å². The number of hydrogen-bond donors (Lipinski definition) is 1. The van der Waals surface area contributed by atoms with Crippen molar-refractivity contribution in [1.29, 1.82) is 5.39 Å². The fraction of sp³-hybridized carbons (Fsp3) is 0.226.